The molecule has 0 atom stereocenters. The van der Waals surface area contributed by atoms with E-state index in [1.807, 2.05) is 6.20 Å². The second-order valence-corrected chi connectivity index (χ2v) is 7.08. The highest BCUT2D eigenvalue weighted by Crippen LogP contribution is 2.20. The fourth-order valence-corrected chi connectivity index (χ4v) is 1.53. The van der Waals surface area contributed by atoms with Crippen molar-refractivity contribution >= 4 is 41.5 Å². The summed E-state index contributed by atoms with van der Waals surface area (Å²) in [6, 6.07) is 4.18. The number of nitrogens with zero attached hydrogens (tertiary/aromatic N) is 1. The smallest absolute Gasteiger partial charge is 0.269 e. The number of pyridine rings is 1. The molecular weight excluding hydrogens is 293 g/mol. The molecule has 1 nitrogen and oxygen atoms in total. The zero-order valence-corrected chi connectivity index (χ0v) is 11.2. The second kappa shape index (κ2) is 4.14. The van der Waals surface area contributed by atoms with Crippen LogP contribution in [0.3, 0.4) is 0 Å². The van der Waals surface area contributed by atoms with E-state index >= 15 is 0 Å². The summed E-state index contributed by atoms with van der Waals surface area (Å²) >= 11 is 6.88. The number of rotatable bonds is 1. The molecule has 0 radical (unpaired) electrons. The molecule has 13 heavy (non-hydrogen) atoms. The lowest BCUT2D eigenvalue weighted by molar-refractivity contribution is 0.590. The Balaban J connectivity index is 3.06. The van der Waals surface area contributed by atoms with Crippen LogP contribution >= 0.6 is 31.5 Å². The summed E-state index contributed by atoms with van der Waals surface area (Å²) in [5, 5.41) is 0. The van der Waals surface area contributed by atoms with Crippen LogP contribution in [0.5, 0.6) is 0 Å². The summed E-state index contributed by atoms with van der Waals surface area (Å²) in [6.45, 7) is 6.59. The van der Waals surface area contributed by atoms with Gasteiger partial charge in [-0.15, -0.1) is 31.5 Å². The molecule has 0 aliphatic carbocycles. The van der Waals surface area contributed by atoms with E-state index in [2.05, 4.69) is 69.4 Å². The van der Waals surface area contributed by atoms with Crippen molar-refractivity contribution in [1.29, 1.82) is 0 Å². The van der Waals surface area contributed by atoms with Crippen molar-refractivity contribution in [2.75, 3.05) is 0 Å². The van der Waals surface area contributed by atoms with Gasteiger partial charge in [0.25, 0.3) is 0 Å². The van der Waals surface area contributed by atoms with Crippen LogP contribution in [0.1, 0.15) is 26.3 Å². The van der Waals surface area contributed by atoms with Gasteiger partial charge in [-0.2, -0.15) is 0 Å². The maximum absolute atomic E-state index is 4.26. The van der Waals surface area contributed by atoms with E-state index in [-0.39, 0.29) is 9.78 Å². The lowest BCUT2D eigenvalue weighted by Gasteiger charge is -2.19. The highest BCUT2D eigenvalue weighted by Gasteiger charge is 2.16. The fourth-order valence-electron chi connectivity index (χ4n) is 1.03. The monoisotopic (exact) mass is 303 g/mol. The predicted molar refractivity (Wildman–Crippen MR) is 66.2 cm³/mol. The molecule has 0 saturated heterocycles. The largest absolute Gasteiger partial charge is 0.348 e. The minimum absolute atomic E-state index is 0.141. The number of aromatic nitrogens is 1. The standard InChI is InChI=1S/C9H12BBr2N/c1-9(2,3)7-4-5-13-8(6-7)10(11)12/h4-6H,1-3H3. The number of hydrogen-bond acceptors (Lipinski definition) is 1. The third-order valence-electron chi connectivity index (χ3n) is 1.87. The van der Waals surface area contributed by atoms with Crippen molar-refractivity contribution in [1.82, 2.24) is 4.98 Å². The second-order valence-electron chi connectivity index (χ2n) is 4.02. The van der Waals surface area contributed by atoms with Gasteiger partial charge >= 0.3 is 4.36 Å². The maximum Gasteiger partial charge on any atom is 0.348 e. The average Bonchev–Trinajstić information content (AvgIpc) is 2.03. The first kappa shape index (κ1) is 11.3. The van der Waals surface area contributed by atoms with Gasteiger partial charge in [0, 0.05) is 11.8 Å². The van der Waals surface area contributed by atoms with E-state index in [1.165, 1.54) is 5.56 Å². The minimum atomic E-state index is 0.141. The van der Waals surface area contributed by atoms with E-state index in [9.17, 15) is 0 Å². The predicted octanol–water partition coefficient (Wildman–Crippen LogP) is 2.86. The van der Waals surface area contributed by atoms with Crippen LogP contribution in [0.25, 0.3) is 0 Å². The van der Waals surface area contributed by atoms with Gasteiger partial charge in [-0.25, -0.2) is 0 Å². The molecule has 0 aliphatic rings. The Hall–Kier alpha value is 0.175. The first-order chi connectivity index (χ1) is 5.91. The zero-order chi connectivity index (χ0) is 10.1. The van der Waals surface area contributed by atoms with Crippen LogP contribution in [0.15, 0.2) is 18.3 Å². The van der Waals surface area contributed by atoms with Crippen molar-refractivity contribution in [3.63, 3.8) is 0 Å². The van der Waals surface area contributed by atoms with Crippen molar-refractivity contribution in [2.24, 2.45) is 0 Å². The summed E-state index contributed by atoms with van der Waals surface area (Å²) in [4.78, 5) is 4.26. The van der Waals surface area contributed by atoms with Crippen LogP contribution in [-0.2, 0) is 5.41 Å². The molecule has 4 heteroatoms. The normalized spacial score (nSPS) is 11.5. The lowest BCUT2D eigenvalue weighted by atomic mass is 9.85. The van der Waals surface area contributed by atoms with Gasteiger partial charge < -0.3 is 0 Å². The van der Waals surface area contributed by atoms with Crippen LogP contribution in [-0.4, -0.2) is 9.34 Å². The molecule has 0 N–H and O–H groups in total. The Morgan fingerprint density at radius 3 is 2.38 bits per heavy atom. The van der Waals surface area contributed by atoms with Crippen molar-refractivity contribution in [2.45, 2.75) is 26.2 Å². The van der Waals surface area contributed by atoms with Gasteiger partial charge in [-0.1, -0.05) is 20.8 Å². The molecule has 0 aliphatic heterocycles. The first-order valence-electron chi connectivity index (χ1n) is 4.16. The van der Waals surface area contributed by atoms with E-state index < -0.39 is 0 Å². The zero-order valence-electron chi connectivity index (χ0n) is 8.01. The van der Waals surface area contributed by atoms with E-state index in [0.717, 1.165) is 5.59 Å². The maximum atomic E-state index is 4.26. The summed E-state index contributed by atoms with van der Waals surface area (Å²) < 4.78 is 0.141. The van der Waals surface area contributed by atoms with E-state index in [4.69, 9.17) is 0 Å². The van der Waals surface area contributed by atoms with Gasteiger partial charge in [0.05, 0.1) is 0 Å². The summed E-state index contributed by atoms with van der Waals surface area (Å²) in [7, 11) is 0. The Labute approximate surface area is 96.4 Å². The molecule has 0 bridgehead atoms. The molecule has 1 aromatic rings. The Morgan fingerprint density at radius 2 is 1.92 bits per heavy atom. The van der Waals surface area contributed by atoms with Crippen molar-refractivity contribution in [3.05, 3.63) is 23.9 Å². The molecule has 0 amide bonds. The fraction of sp³-hybridized carbons (Fsp3) is 0.444. The van der Waals surface area contributed by atoms with E-state index in [1.54, 1.807) is 0 Å². The first-order valence-corrected chi connectivity index (χ1v) is 5.99. The molecule has 0 spiro atoms. The highest BCUT2D eigenvalue weighted by atomic mass is 79.9. The molecule has 0 fully saturated rings. The SMILES string of the molecule is CC(C)(C)c1ccnc(B(Br)Br)c1. The van der Waals surface area contributed by atoms with Crippen LogP contribution in [0.2, 0.25) is 0 Å². The summed E-state index contributed by atoms with van der Waals surface area (Å²) in [6.07, 6.45) is 1.85. The van der Waals surface area contributed by atoms with Gasteiger partial charge in [-0.05, 0) is 23.1 Å². The molecule has 0 saturated carbocycles. The van der Waals surface area contributed by atoms with Crippen LogP contribution in [0.4, 0.5) is 0 Å². The van der Waals surface area contributed by atoms with Crippen LogP contribution in [0, 0.1) is 0 Å². The van der Waals surface area contributed by atoms with Gasteiger partial charge in [0.1, 0.15) is 0 Å². The average molecular weight is 305 g/mol. The van der Waals surface area contributed by atoms with Gasteiger partial charge in [-0.3, -0.25) is 4.98 Å². The lowest BCUT2D eigenvalue weighted by Crippen LogP contribution is -2.24. The third-order valence-corrected chi connectivity index (χ3v) is 2.81. The molecule has 0 unspecified atom stereocenters. The van der Waals surface area contributed by atoms with Crippen molar-refractivity contribution in [3.8, 4) is 0 Å². The molecular formula is C9H12BBr2N. The third kappa shape index (κ3) is 3.10. The Morgan fingerprint density at radius 1 is 1.31 bits per heavy atom. The van der Waals surface area contributed by atoms with Gasteiger partial charge in [0.15, 0.2) is 0 Å². The Bertz CT molecular complexity index is 294. The molecule has 1 rings (SSSR count). The number of halogens is 2. The summed E-state index contributed by atoms with van der Waals surface area (Å²) in [5.41, 5.74) is 2.51. The quantitative estimate of drug-likeness (QED) is 0.727. The molecule has 1 heterocycles. The Kier molecular flexibility index (Phi) is 3.58. The highest BCUT2D eigenvalue weighted by molar-refractivity contribution is 9.49. The van der Waals surface area contributed by atoms with Crippen LogP contribution < -0.4 is 5.59 Å². The van der Waals surface area contributed by atoms with Gasteiger partial charge in [0.2, 0.25) is 0 Å². The van der Waals surface area contributed by atoms with Crippen molar-refractivity contribution < 1.29 is 0 Å². The number of hydrogen-bond donors (Lipinski definition) is 0. The molecule has 70 valence electrons. The molecule has 0 aromatic carbocycles. The molecule has 1 aromatic heterocycles. The van der Waals surface area contributed by atoms with E-state index in [0.29, 0.717) is 0 Å². The minimum Gasteiger partial charge on any atom is -0.269 e. The topological polar surface area (TPSA) is 12.9 Å². The summed E-state index contributed by atoms with van der Waals surface area (Å²) in [5.74, 6) is 0.